The topological polar surface area (TPSA) is 0 Å². The molecule has 0 saturated heterocycles. The van der Waals surface area contributed by atoms with Crippen molar-refractivity contribution in [1.29, 1.82) is 0 Å². The Bertz CT molecular complexity index is 8.00. The summed E-state index contributed by atoms with van der Waals surface area (Å²) < 4.78 is 0. The van der Waals surface area contributed by atoms with Gasteiger partial charge in [-0.3, -0.25) is 0 Å². The second kappa shape index (κ2) is 16.4. The van der Waals surface area contributed by atoms with Crippen LogP contribution in [0.4, 0.5) is 0 Å². The molecule has 0 heterocycles. The first-order chi connectivity index (χ1) is 1.00. The quantitative estimate of drug-likeness (QED) is 0.348. The van der Waals surface area contributed by atoms with Crippen molar-refractivity contribution in [2.24, 2.45) is 0 Å². The van der Waals surface area contributed by atoms with E-state index in [1.54, 1.807) is 0 Å². The molecule has 0 N–H and O–H groups in total. The molecular formula is H8BaBiFeSi. The van der Waals surface area contributed by atoms with Crippen LogP contribution in [-0.2, 0) is 15.4 Å². The predicted octanol–water partition coefficient (Wildman–Crippen LogP) is -3.29. The predicted molar refractivity (Wildman–Crippen MR) is 28.4 cm³/mol. The average Bonchev–Trinajstić information content (AvgIpc) is 1.00. The van der Waals surface area contributed by atoms with Gasteiger partial charge in [0, 0.05) is 0 Å². The Balaban J connectivity index is -0.00000000500. The Hall–Kier alpha value is 3.19. The van der Waals surface area contributed by atoms with Crippen LogP contribution in [0.3, 0.4) is 0 Å². The molecule has 0 unspecified atom stereocenters. The Morgan fingerprint density at radius 3 is 1.25 bits per heavy atom. The standard InChI is InChI=1S/Ba.Bi.Fe.H3Si.5H/h;;;1H3;;;;;. The summed E-state index contributed by atoms with van der Waals surface area (Å²) in [5.74, 6) is 0. The normalized spacial score (nSPS) is 2.25. The van der Waals surface area contributed by atoms with Gasteiger partial charge in [-0.25, -0.2) is 0 Å². The van der Waals surface area contributed by atoms with E-state index in [0.717, 1.165) is 8.85 Å². The molecule has 0 aliphatic carbocycles. The summed E-state index contributed by atoms with van der Waals surface area (Å²) in [5, 5.41) is 0. The van der Waals surface area contributed by atoms with Gasteiger partial charge in [-0.05, 0) is 0 Å². The maximum absolute atomic E-state index is 3.39. The third-order valence-electron chi connectivity index (χ3n) is 0. The molecule has 0 aliphatic rings. The van der Waals surface area contributed by atoms with E-state index in [0.29, 0.717) is 0 Å². The molecule has 4 heteroatoms. The van der Waals surface area contributed by atoms with Crippen LogP contribution in [0.5, 0.6) is 0 Å². The molecule has 0 aliphatic heterocycles. The van der Waals surface area contributed by atoms with Gasteiger partial charge in [0.15, 0.2) is 0 Å². The molecule has 0 fully saturated rings. The van der Waals surface area contributed by atoms with Crippen LogP contribution < -0.4 is 0 Å². The average molecular weight is 438 g/mol. The minimum atomic E-state index is 0. The summed E-state index contributed by atoms with van der Waals surface area (Å²) in [5.41, 5.74) is 0. The molecule has 0 saturated carbocycles. The van der Waals surface area contributed by atoms with E-state index in [4.69, 9.17) is 0 Å². The van der Waals surface area contributed by atoms with Crippen LogP contribution in [-0.4, -0.2) is 83.9 Å². The van der Waals surface area contributed by atoms with Crippen molar-refractivity contribution in [3.05, 3.63) is 0 Å². The van der Waals surface area contributed by atoms with Crippen LogP contribution >= 0.6 is 0 Å². The zero-order valence-electron chi connectivity index (χ0n) is 2.06. The molecule has 27 valence electrons. The van der Waals surface area contributed by atoms with Gasteiger partial charge in [0.2, 0.25) is 0 Å². The molecule has 0 radical (unpaired) electrons. The van der Waals surface area contributed by atoms with Gasteiger partial charge in [0.05, 0.1) is 0 Å². The summed E-state index contributed by atoms with van der Waals surface area (Å²) in [7, 11) is 1.06. The van der Waals surface area contributed by atoms with Crippen molar-refractivity contribution in [3.8, 4) is 0 Å². The summed E-state index contributed by atoms with van der Waals surface area (Å²) in [4.78, 5) is 0. The van der Waals surface area contributed by atoms with Crippen molar-refractivity contribution >= 4 is 83.9 Å². The fraction of sp³-hybridized carbons (Fsp3) is 0. The molecule has 0 nitrogen and oxygen atoms in total. The van der Waals surface area contributed by atoms with Gasteiger partial charge in [0.25, 0.3) is 0 Å². The molecule has 0 atom stereocenters. The maximum atomic E-state index is 3.39. The van der Waals surface area contributed by atoms with Crippen molar-refractivity contribution < 1.29 is 15.4 Å². The summed E-state index contributed by atoms with van der Waals surface area (Å²) in [6.45, 7) is 0. The summed E-state index contributed by atoms with van der Waals surface area (Å²) in [6.07, 6.45) is 0. The van der Waals surface area contributed by atoms with Crippen molar-refractivity contribution in [2.45, 2.75) is 0 Å². The SMILES string of the molecule is [BaH2].[BiH3].[SiH3][Fe]. The van der Waals surface area contributed by atoms with Crippen LogP contribution in [0, 0.1) is 0 Å². The van der Waals surface area contributed by atoms with Crippen LogP contribution in [0.2, 0.25) is 0 Å². The Kier molecular flexibility index (Phi) is 64.3. The first kappa shape index (κ1) is 15.7. The third-order valence-corrected chi connectivity index (χ3v) is 0. The zero-order valence-corrected chi connectivity index (χ0v) is 10.7. The minimum absolute atomic E-state index is 0. The van der Waals surface area contributed by atoms with Crippen molar-refractivity contribution in [2.75, 3.05) is 0 Å². The van der Waals surface area contributed by atoms with Gasteiger partial charge in [-0.15, -0.1) is 0 Å². The molecule has 4 heavy (non-hydrogen) atoms. The summed E-state index contributed by atoms with van der Waals surface area (Å²) in [6, 6.07) is 0. The Labute approximate surface area is 96.7 Å². The first-order valence-corrected chi connectivity index (χ1v) is 4.37. The first-order valence-electron chi connectivity index (χ1n) is 0.354. The van der Waals surface area contributed by atoms with Gasteiger partial charge >= 0.3 is 99.3 Å². The van der Waals surface area contributed by atoms with E-state index in [2.05, 4.69) is 15.4 Å². The number of hydrogen-bond acceptors (Lipinski definition) is 0. The molecule has 0 rings (SSSR count). The fourth-order valence-electron chi connectivity index (χ4n) is 0. The molecule has 0 aromatic heterocycles. The Morgan fingerprint density at radius 2 is 1.25 bits per heavy atom. The van der Waals surface area contributed by atoms with E-state index >= 15 is 0 Å². The van der Waals surface area contributed by atoms with E-state index in [1.165, 1.54) is 0 Å². The Morgan fingerprint density at radius 1 is 1.25 bits per heavy atom. The third kappa shape index (κ3) is 8.95. The second-order valence-electron chi connectivity index (χ2n) is 0. The van der Waals surface area contributed by atoms with Crippen LogP contribution in [0.25, 0.3) is 0 Å². The van der Waals surface area contributed by atoms with E-state index in [-0.39, 0.29) is 75.1 Å². The second-order valence-corrected chi connectivity index (χ2v) is 0. The fourth-order valence-corrected chi connectivity index (χ4v) is 0. The molecule has 0 bridgehead atoms. The van der Waals surface area contributed by atoms with Crippen LogP contribution in [0.15, 0.2) is 0 Å². The molecule has 0 aromatic rings. The molecular weight excluding hydrogens is 430 g/mol. The summed E-state index contributed by atoms with van der Waals surface area (Å²) >= 11 is 3.39. The zero-order chi connectivity index (χ0) is 2.00. The van der Waals surface area contributed by atoms with E-state index in [9.17, 15) is 0 Å². The van der Waals surface area contributed by atoms with Crippen molar-refractivity contribution in [1.82, 2.24) is 0 Å². The monoisotopic (exact) mass is 439 g/mol. The van der Waals surface area contributed by atoms with Crippen molar-refractivity contribution in [3.63, 3.8) is 0 Å². The van der Waals surface area contributed by atoms with Crippen LogP contribution in [0.1, 0.15) is 0 Å². The van der Waals surface area contributed by atoms with Gasteiger partial charge in [-0.1, -0.05) is 0 Å². The van der Waals surface area contributed by atoms with E-state index < -0.39 is 0 Å². The molecule has 0 aromatic carbocycles. The molecule has 0 amide bonds. The van der Waals surface area contributed by atoms with Gasteiger partial charge < -0.3 is 0 Å². The molecule has 0 spiro atoms. The van der Waals surface area contributed by atoms with E-state index in [1.807, 2.05) is 0 Å². The van der Waals surface area contributed by atoms with Gasteiger partial charge in [-0.2, -0.15) is 0 Å². The number of hydrogen-bond donors (Lipinski definition) is 0. The number of rotatable bonds is 0. The van der Waals surface area contributed by atoms with Gasteiger partial charge in [0.1, 0.15) is 0 Å².